The van der Waals surface area contributed by atoms with E-state index in [2.05, 4.69) is 41.9 Å². The van der Waals surface area contributed by atoms with Crippen molar-refractivity contribution in [3.63, 3.8) is 0 Å². The van der Waals surface area contributed by atoms with E-state index in [4.69, 9.17) is 0 Å². The summed E-state index contributed by atoms with van der Waals surface area (Å²) in [5, 5.41) is 7.66. The monoisotopic (exact) mass is 195 g/mol. The normalized spacial score (nSPS) is 11.1. The Kier molecular flexibility index (Phi) is 4.66. The SMILES string of the molecule is CCn1nccc1CCCNC(C)C. The second-order valence-electron chi connectivity index (χ2n) is 3.85. The van der Waals surface area contributed by atoms with Gasteiger partial charge in [0.2, 0.25) is 0 Å². The highest BCUT2D eigenvalue weighted by molar-refractivity contribution is 5.00. The van der Waals surface area contributed by atoms with Crippen molar-refractivity contribution < 1.29 is 0 Å². The smallest absolute Gasteiger partial charge is 0.0492 e. The Hall–Kier alpha value is -0.830. The summed E-state index contributed by atoms with van der Waals surface area (Å²) in [6, 6.07) is 2.70. The summed E-state index contributed by atoms with van der Waals surface area (Å²) in [7, 11) is 0. The van der Waals surface area contributed by atoms with Gasteiger partial charge in [-0.3, -0.25) is 4.68 Å². The van der Waals surface area contributed by atoms with Crippen molar-refractivity contribution in [3.8, 4) is 0 Å². The molecule has 1 heterocycles. The van der Waals surface area contributed by atoms with E-state index in [1.54, 1.807) is 0 Å². The van der Waals surface area contributed by atoms with Crippen LogP contribution in [-0.4, -0.2) is 22.4 Å². The van der Waals surface area contributed by atoms with Gasteiger partial charge in [-0.05, 0) is 32.4 Å². The van der Waals surface area contributed by atoms with E-state index in [0.29, 0.717) is 6.04 Å². The number of nitrogens with one attached hydrogen (secondary N) is 1. The van der Waals surface area contributed by atoms with E-state index in [0.717, 1.165) is 19.5 Å². The maximum atomic E-state index is 4.24. The zero-order valence-electron chi connectivity index (χ0n) is 9.45. The molecule has 0 atom stereocenters. The van der Waals surface area contributed by atoms with Gasteiger partial charge in [0.05, 0.1) is 0 Å². The Balaban J connectivity index is 2.24. The number of aromatic nitrogens is 2. The minimum absolute atomic E-state index is 0.589. The van der Waals surface area contributed by atoms with Gasteiger partial charge >= 0.3 is 0 Å². The number of hydrogen-bond acceptors (Lipinski definition) is 2. The molecule has 0 fully saturated rings. The maximum absolute atomic E-state index is 4.24. The molecule has 80 valence electrons. The average molecular weight is 195 g/mol. The fraction of sp³-hybridized carbons (Fsp3) is 0.727. The zero-order chi connectivity index (χ0) is 10.4. The Morgan fingerprint density at radius 2 is 2.29 bits per heavy atom. The molecular weight excluding hydrogens is 174 g/mol. The third kappa shape index (κ3) is 3.50. The van der Waals surface area contributed by atoms with Gasteiger partial charge in [0, 0.05) is 24.5 Å². The number of aryl methyl sites for hydroxylation is 2. The van der Waals surface area contributed by atoms with E-state index < -0.39 is 0 Å². The van der Waals surface area contributed by atoms with E-state index >= 15 is 0 Å². The molecule has 0 saturated heterocycles. The Morgan fingerprint density at radius 3 is 2.93 bits per heavy atom. The van der Waals surface area contributed by atoms with Gasteiger partial charge in [-0.2, -0.15) is 5.10 Å². The maximum Gasteiger partial charge on any atom is 0.0492 e. The molecule has 0 unspecified atom stereocenters. The predicted octanol–water partition coefficient (Wildman–Crippen LogP) is 1.83. The quantitative estimate of drug-likeness (QED) is 0.702. The fourth-order valence-electron chi connectivity index (χ4n) is 1.52. The average Bonchev–Trinajstić information content (AvgIpc) is 2.59. The first-order valence-electron chi connectivity index (χ1n) is 5.48. The van der Waals surface area contributed by atoms with Crippen LogP contribution < -0.4 is 5.32 Å². The molecule has 0 bridgehead atoms. The van der Waals surface area contributed by atoms with Crippen LogP contribution in [0.15, 0.2) is 12.3 Å². The number of nitrogens with zero attached hydrogens (tertiary/aromatic N) is 2. The summed E-state index contributed by atoms with van der Waals surface area (Å²) in [6.45, 7) is 8.54. The van der Waals surface area contributed by atoms with Crippen LogP contribution in [0.4, 0.5) is 0 Å². The molecule has 14 heavy (non-hydrogen) atoms. The first kappa shape index (κ1) is 11.2. The lowest BCUT2D eigenvalue weighted by atomic mass is 10.2. The minimum atomic E-state index is 0.589. The molecule has 0 spiro atoms. The highest BCUT2D eigenvalue weighted by atomic mass is 15.3. The van der Waals surface area contributed by atoms with Crippen molar-refractivity contribution >= 4 is 0 Å². The van der Waals surface area contributed by atoms with Gasteiger partial charge in [-0.25, -0.2) is 0 Å². The molecule has 1 N–H and O–H groups in total. The van der Waals surface area contributed by atoms with Crippen LogP contribution in [0.5, 0.6) is 0 Å². The molecule has 3 nitrogen and oxygen atoms in total. The predicted molar refractivity (Wildman–Crippen MR) is 59.4 cm³/mol. The first-order chi connectivity index (χ1) is 6.74. The molecule has 0 aromatic carbocycles. The molecule has 1 aromatic heterocycles. The first-order valence-corrected chi connectivity index (χ1v) is 5.48. The lowest BCUT2D eigenvalue weighted by molar-refractivity contribution is 0.553. The van der Waals surface area contributed by atoms with Gasteiger partial charge in [0.15, 0.2) is 0 Å². The zero-order valence-corrected chi connectivity index (χ0v) is 9.45. The summed E-state index contributed by atoms with van der Waals surface area (Å²) >= 11 is 0. The van der Waals surface area contributed by atoms with Crippen molar-refractivity contribution in [3.05, 3.63) is 18.0 Å². The Bertz CT molecular complexity index is 253. The molecule has 0 aliphatic rings. The van der Waals surface area contributed by atoms with Crippen LogP contribution in [0.1, 0.15) is 32.9 Å². The van der Waals surface area contributed by atoms with Gasteiger partial charge in [-0.15, -0.1) is 0 Å². The van der Waals surface area contributed by atoms with Gasteiger partial charge < -0.3 is 5.32 Å². The molecule has 0 aliphatic heterocycles. The molecule has 0 radical (unpaired) electrons. The van der Waals surface area contributed by atoms with Crippen molar-refractivity contribution in [2.45, 2.75) is 46.2 Å². The number of rotatable bonds is 6. The number of hydrogen-bond donors (Lipinski definition) is 1. The Morgan fingerprint density at radius 1 is 1.50 bits per heavy atom. The van der Waals surface area contributed by atoms with Crippen LogP contribution in [0.2, 0.25) is 0 Å². The lowest BCUT2D eigenvalue weighted by Gasteiger charge is -2.08. The molecule has 0 aliphatic carbocycles. The third-order valence-electron chi connectivity index (χ3n) is 2.27. The van der Waals surface area contributed by atoms with Crippen molar-refractivity contribution in [1.82, 2.24) is 15.1 Å². The molecular formula is C11H21N3. The van der Waals surface area contributed by atoms with Crippen LogP contribution >= 0.6 is 0 Å². The third-order valence-corrected chi connectivity index (χ3v) is 2.27. The highest BCUT2D eigenvalue weighted by Gasteiger charge is 2.00. The van der Waals surface area contributed by atoms with Crippen LogP contribution in [0.25, 0.3) is 0 Å². The molecule has 0 saturated carbocycles. The summed E-state index contributed by atoms with van der Waals surface area (Å²) in [4.78, 5) is 0. The standard InChI is InChI=1S/C11H21N3/c1-4-14-11(7-9-13-14)6-5-8-12-10(2)3/h7,9-10,12H,4-6,8H2,1-3H3. The van der Waals surface area contributed by atoms with E-state index in [1.807, 2.05) is 6.20 Å². The second-order valence-corrected chi connectivity index (χ2v) is 3.85. The summed E-state index contributed by atoms with van der Waals surface area (Å²) in [5.74, 6) is 0. The van der Waals surface area contributed by atoms with E-state index in [1.165, 1.54) is 12.1 Å². The van der Waals surface area contributed by atoms with Crippen LogP contribution in [-0.2, 0) is 13.0 Å². The topological polar surface area (TPSA) is 29.9 Å². The molecule has 1 aromatic rings. The molecule has 0 amide bonds. The van der Waals surface area contributed by atoms with Gasteiger partial charge in [0.1, 0.15) is 0 Å². The fourth-order valence-corrected chi connectivity index (χ4v) is 1.52. The van der Waals surface area contributed by atoms with Crippen molar-refractivity contribution in [2.24, 2.45) is 0 Å². The minimum Gasteiger partial charge on any atom is -0.315 e. The van der Waals surface area contributed by atoms with Gasteiger partial charge in [0.25, 0.3) is 0 Å². The van der Waals surface area contributed by atoms with E-state index in [-0.39, 0.29) is 0 Å². The summed E-state index contributed by atoms with van der Waals surface area (Å²) in [5.41, 5.74) is 1.35. The van der Waals surface area contributed by atoms with Crippen LogP contribution in [0.3, 0.4) is 0 Å². The summed E-state index contributed by atoms with van der Waals surface area (Å²) < 4.78 is 2.06. The van der Waals surface area contributed by atoms with Crippen molar-refractivity contribution in [2.75, 3.05) is 6.54 Å². The van der Waals surface area contributed by atoms with Crippen LogP contribution in [0, 0.1) is 0 Å². The largest absolute Gasteiger partial charge is 0.315 e. The van der Waals surface area contributed by atoms with Crippen molar-refractivity contribution in [1.29, 1.82) is 0 Å². The Labute approximate surface area is 86.5 Å². The summed E-state index contributed by atoms with van der Waals surface area (Å²) in [6.07, 6.45) is 4.19. The lowest BCUT2D eigenvalue weighted by Crippen LogP contribution is -2.24. The second kappa shape index (κ2) is 5.81. The van der Waals surface area contributed by atoms with Gasteiger partial charge in [-0.1, -0.05) is 13.8 Å². The van der Waals surface area contributed by atoms with E-state index in [9.17, 15) is 0 Å². The molecule has 1 rings (SSSR count). The molecule has 3 heteroatoms. The highest BCUT2D eigenvalue weighted by Crippen LogP contribution is 2.02.